The number of halogens is 1. The van der Waals surface area contributed by atoms with Crippen LogP contribution in [0.2, 0.25) is 0 Å². The fourth-order valence-corrected chi connectivity index (χ4v) is 3.13. The van der Waals surface area contributed by atoms with Crippen LogP contribution in [0.15, 0.2) is 41.4 Å². The third kappa shape index (κ3) is 3.08. The van der Waals surface area contributed by atoms with E-state index in [2.05, 4.69) is 4.98 Å². The van der Waals surface area contributed by atoms with E-state index in [0.29, 0.717) is 5.69 Å². The Labute approximate surface area is 111 Å². The van der Waals surface area contributed by atoms with Gasteiger partial charge in [-0.2, -0.15) is 0 Å². The summed E-state index contributed by atoms with van der Waals surface area (Å²) in [6, 6.07) is 6.79. The summed E-state index contributed by atoms with van der Waals surface area (Å²) in [4.78, 5) is 3.90. The topological polar surface area (TPSA) is 73.0 Å². The number of pyridine rings is 1. The Morgan fingerprint density at radius 2 is 2.05 bits per heavy atom. The Bertz CT molecular complexity index is 694. The first-order chi connectivity index (χ1) is 8.88. The molecule has 0 fully saturated rings. The van der Waals surface area contributed by atoms with Crippen LogP contribution in [0.1, 0.15) is 11.3 Å². The summed E-state index contributed by atoms with van der Waals surface area (Å²) >= 11 is 0. The lowest BCUT2D eigenvalue weighted by Gasteiger charge is -2.07. The Morgan fingerprint density at radius 1 is 1.32 bits per heavy atom. The van der Waals surface area contributed by atoms with Crippen molar-refractivity contribution in [3.63, 3.8) is 0 Å². The third-order valence-corrected chi connectivity index (χ3v) is 4.30. The van der Waals surface area contributed by atoms with Gasteiger partial charge in [0.05, 0.1) is 16.3 Å². The highest BCUT2D eigenvalue weighted by Crippen LogP contribution is 2.20. The second-order valence-electron chi connectivity index (χ2n) is 4.25. The number of hydrogen-bond donors (Lipinski definition) is 1. The minimum absolute atomic E-state index is 0.0799. The monoisotopic (exact) mass is 280 g/mol. The number of aryl methyl sites for hydroxylation is 1. The van der Waals surface area contributed by atoms with Crippen molar-refractivity contribution in [3.8, 4) is 0 Å². The van der Waals surface area contributed by atoms with Crippen molar-refractivity contribution in [2.24, 2.45) is 0 Å². The van der Waals surface area contributed by atoms with Gasteiger partial charge in [0.2, 0.25) is 0 Å². The van der Waals surface area contributed by atoms with Crippen LogP contribution >= 0.6 is 0 Å². The predicted molar refractivity (Wildman–Crippen MR) is 70.7 cm³/mol. The molecule has 0 aliphatic carbocycles. The van der Waals surface area contributed by atoms with E-state index < -0.39 is 15.7 Å². The summed E-state index contributed by atoms with van der Waals surface area (Å²) in [6.07, 6.45) is 1.53. The quantitative estimate of drug-likeness (QED) is 0.874. The lowest BCUT2D eigenvalue weighted by Crippen LogP contribution is -2.08. The van der Waals surface area contributed by atoms with Gasteiger partial charge in [-0.25, -0.2) is 12.8 Å². The Kier molecular flexibility index (Phi) is 3.53. The van der Waals surface area contributed by atoms with Crippen molar-refractivity contribution >= 4 is 15.5 Å². The number of aromatic nitrogens is 1. The molecular formula is C13H13FN2O2S. The number of nitrogen functional groups attached to an aromatic ring is 1. The van der Waals surface area contributed by atoms with Gasteiger partial charge in [-0.3, -0.25) is 4.98 Å². The summed E-state index contributed by atoms with van der Waals surface area (Å²) in [5.41, 5.74) is 6.76. The summed E-state index contributed by atoms with van der Waals surface area (Å²) in [5, 5.41) is 0. The third-order valence-electron chi connectivity index (χ3n) is 2.70. The van der Waals surface area contributed by atoms with Crippen LogP contribution in [-0.2, 0) is 15.6 Å². The molecule has 0 unspecified atom stereocenters. The van der Waals surface area contributed by atoms with E-state index in [1.165, 1.54) is 12.3 Å². The molecule has 2 N–H and O–H groups in total. The minimum Gasteiger partial charge on any atom is -0.399 e. The Hall–Kier alpha value is -1.95. The molecule has 1 heterocycles. The number of nitrogens with zero attached hydrogens (tertiary/aromatic N) is 1. The zero-order valence-electron chi connectivity index (χ0n) is 10.3. The van der Waals surface area contributed by atoms with Gasteiger partial charge in [0, 0.05) is 11.9 Å². The van der Waals surface area contributed by atoms with Gasteiger partial charge >= 0.3 is 0 Å². The van der Waals surface area contributed by atoms with Crippen molar-refractivity contribution in [1.29, 1.82) is 0 Å². The predicted octanol–water partition coefficient (Wildman–Crippen LogP) is 2.09. The molecule has 0 amide bonds. The van der Waals surface area contributed by atoms with Crippen molar-refractivity contribution in [2.45, 2.75) is 17.6 Å². The van der Waals surface area contributed by atoms with Gasteiger partial charge in [-0.05, 0) is 36.8 Å². The van der Waals surface area contributed by atoms with E-state index in [0.717, 1.165) is 17.7 Å². The lowest BCUT2D eigenvalue weighted by molar-refractivity contribution is 0.589. The molecule has 0 spiro atoms. The molecule has 1 aromatic carbocycles. The van der Waals surface area contributed by atoms with E-state index in [1.807, 2.05) is 0 Å². The van der Waals surface area contributed by atoms with Crippen molar-refractivity contribution in [3.05, 3.63) is 53.6 Å². The summed E-state index contributed by atoms with van der Waals surface area (Å²) in [5.74, 6) is -0.945. The van der Waals surface area contributed by atoms with Crippen LogP contribution < -0.4 is 5.73 Å². The van der Waals surface area contributed by atoms with Crippen LogP contribution in [0.25, 0.3) is 0 Å². The van der Waals surface area contributed by atoms with Gasteiger partial charge in [-0.1, -0.05) is 6.07 Å². The lowest BCUT2D eigenvalue weighted by atomic mass is 10.2. The molecule has 100 valence electrons. The smallest absolute Gasteiger partial charge is 0.184 e. The standard InChI is InChI=1S/C13H13FN2O2S/c1-9-3-2-4-16-13(9)8-19(17,18)12-6-10(14)5-11(15)7-12/h2-7H,8,15H2,1H3. The first-order valence-electron chi connectivity index (χ1n) is 5.58. The van der Waals surface area contributed by atoms with Crippen LogP contribution in [-0.4, -0.2) is 13.4 Å². The van der Waals surface area contributed by atoms with E-state index in [1.54, 1.807) is 19.1 Å². The molecule has 0 aliphatic heterocycles. The number of benzene rings is 1. The molecule has 1 aromatic heterocycles. The van der Waals surface area contributed by atoms with Gasteiger partial charge in [0.1, 0.15) is 5.82 Å². The van der Waals surface area contributed by atoms with Crippen LogP contribution in [0.4, 0.5) is 10.1 Å². The van der Waals surface area contributed by atoms with Gasteiger partial charge in [-0.15, -0.1) is 0 Å². The number of anilines is 1. The van der Waals surface area contributed by atoms with Gasteiger partial charge in [0.25, 0.3) is 0 Å². The average Bonchev–Trinajstić information content (AvgIpc) is 2.31. The van der Waals surface area contributed by atoms with Crippen LogP contribution in [0.3, 0.4) is 0 Å². The molecular weight excluding hydrogens is 267 g/mol. The van der Waals surface area contributed by atoms with E-state index in [9.17, 15) is 12.8 Å². The number of rotatable bonds is 3. The molecule has 0 atom stereocenters. The highest BCUT2D eigenvalue weighted by molar-refractivity contribution is 7.90. The highest BCUT2D eigenvalue weighted by atomic mass is 32.2. The number of sulfone groups is 1. The van der Waals surface area contributed by atoms with Crippen LogP contribution in [0, 0.1) is 12.7 Å². The molecule has 4 nitrogen and oxygen atoms in total. The highest BCUT2D eigenvalue weighted by Gasteiger charge is 2.18. The SMILES string of the molecule is Cc1cccnc1CS(=O)(=O)c1cc(N)cc(F)c1. The summed E-state index contributed by atoms with van der Waals surface area (Å²) < 4.78 is 37.6. The Balaban J connectivity index is 2.41. The molecule has 19 heavy (non-hydrogen) atoms. The first kappa shape index (κ1) is 13.5. The molecule has 0 radical (unpaired) electrons. The zero-order chi connectivity index (χ0) is 14.0. The maximum absolute atomic E-state index is 13.2. The van der Waals surface area contributed by atoms with E-state index in [4.69, 9.17) is 5.73 Å². The fourth-order valence-electron chi connectivity index (χ4n) is 1.70. The first-order valence-corrected chi connectivity index (χ1v) is 7.23. The number of nitrogens with two attached hydrogens (primary N) is 1. The zero-order valence-corrected chi connectivity index (χ0v) is 11.1. The molecule has 0 saturated heterocycles. The van der Waals surface area contributed by atoms with Crippen LogP contribution in [0.5, 0.6) is 0 Å². The number of hydrogen-bond acceptors (Lipinski definition) is 4. The maximum Gasteiger partial charge on any atom is 0.184 e. The molecule has 0 aliphatic rings. The van der Waals surface area contributed by atoms with Gasteiger partial charge < -0.3 is 5.73 Å². The molecule has 0 saturated carbocycles. The molecule has 6 heteroatoms. The molecule has 0 bridgehead atoms. The van der Waals surface area contributed by atoms with Crippen molar-refractivity contribution in [1.82, 2.24) is 4.98 Å². The van der Waals surface area contributed by atoms with E-state index in [-0.39, 0.29) is 16.3 Å². The van der Waals surface area contributed by atoms with Crippen molar-refractivity contribution < 1.29 is 12.8 Å². The Morgan fingerprint density at radius 3 is 2.68 bits per heavy atom. The van der Waals surface area contributed by atoms with Crippen molar-refractivity contribution in [2.75, 3.05) is 5.73 Å². The van der Waals surface area contributed by atoms with E-state index >= 15 is 0 Å². The normalized spacial score (nSPS) is 11.5. The maximum atomic E-state index is 13.2. The summed E-state index contributed by atoms with van der Waals surface area (Å²) in [7, 11) is -3.66. The molecule has 2 rings (SSSR count). The fraction of sp³-hybridized carbons (Fsp3) is 0.154. The average molecular weight is 280 g/mol. The second kappa shape index (κ2) is 4.97. The minimum atomic E-state index is -3.66. The van der Waals surface area contributed by atoms with Gasteiger partial charge in [0.15, 0.2) is 9.84 Å². The summed E-state index contributed by atoms with van der Waals surface area (Å²) in [6.45, 7) is 1.78. The second-order valence-corrected chi connectivity index (χ2v) is 6.24. The molecule has 2 aromatic rings. The largest absolute Gasteiger partial charge is 0.399 e.